The van der Waals surface area contributed by atoms with Crippen molar-refractivity contribution in [2.75, 3.05) is 26.2 Å². The second-order valence-corrected chi connectivity index (χ2v) is 12.4. The van der Waals surface area contributed by atoms with Crippen LogP contribution in [0.2, 0.25) is 0 Å². The first-order valence-corrected chi connectivity index (χ1v) is 14.3. The molecule has 2 fully saturated rings. The molecule has 1 aromatic heterocycles. The van der Waals surface area contributed by atoms with E-state index in [9.17, 15) is 18.0 Å². The van der Waals surface area contributed by atoms with Gasteiger partial charge >= 0.3 is 0 Å². The molecule has 2 aromatic carbocycles. The van der Waals surface area contributed by atoms with E-state index in [1.165, 1.54) is 12.1 Å². The molecule has 0 aliphatic carbocycles. The maximum atomic E-state index is 14.9. The zero-order chi connectivity index (χ0) is 29.3. The zero-order valence-electron chi connectivity index (χ0n) is 24.0. The van der Waals surface area contributed by atoms with Crippen molar-refractivity contribution >= 4 is 5.91 Å². The first-order valence-electron chi connectivity index (χ1n) is 14.3. The van der Waals surface area contributed by atoms with Crippen molar-refractivity contribution in [1.29, 1.82) is 0 Å². The molecule has 1 N–H and O–H groups in total. The van der Waals surface area contributed by atoms with Gasteiger partial charge in [0.05, 0.1) is 18.2 Å². The summed E-state index contributed by atoms with van der Waals surface area (Å²) < 4.78 is 50.7. The highest BCUT2D eigenvalue weighted by Crippen LogP contribution is 2.40. The number of rotatable bonds is 8. The number of carbonyl (C=O) groups excluding carboxylic acids is 1. The molecule has 2 aliphatic rings. The molecule has 0 radical (unpaired) electrons. The van der Waals surface area contributed by atoms with Crippen LogP contribution >= 0.6 is 0 Å². The fraction of sp³-hybridized carbons (Fsp3) is 0.516. The van der Waals surface area contributed by atoms with Gasteiger partial charge < -0.3 is 15.0 Å². The summed E-state index contributed by atoms with van der Waals surface area (Å²) in [4.78, 5) is 20.8. The molecule has 3 heterocycles. The second-order valence-electron chi connectivity index (χ2n) is 12.4. The van der Waals surface area contributed by atoms with Crippen LogP contribution in [0.1, 0.15) is 58.0 Å². The minimum atomic E-state index is -0.661. The van der Waals surface area contributed by atoms with Crippen molar-refractivity contribution < 1.29 is 22.7 Å². The van der Waals surface area contributed by atoms with Crippen LogP contribution in [0.4, 0.5) is 13.2 Å². The average Bonchev–Trinajstić information content (AvgIpc) is 3.67. The summed E-state index contributed by atoms with van der Waals surface area (Å²) in [6.45, 7) is 11.0. The number of hydrogen-bond acceptors (Lipinski definition) is 5. The van der Waals surface area contributed by atoms with Crippen molar-refractivity contribution in [3.8, 4) is 11.4 Å². The van der Waals surface area contributed by atoms with Gasteiger partial charge in [0.1, 0.15) is 23.6 Å². The predicted molar refractivity (Wildman–Crippen MR) is 149 cm³/mol. The van der Waals surface area contributed by atoms with Gasteiger partial charge in [-0.2, -0.15) is 5.10 Å². The second kappa shape index (κ2) is 11.9. The van der Waals surface area contributed by atoms with E-state index in [1.54, 1.807) is 16.8 Å². The third-order valence-corrected chi connectivity index (χ3v) is 8.06. The van der Waals surface area contributed by atoms with Crippen molar-refractivity contribution in [2.24, 2.45) is 17.3 Å². The topological polar surface area (TPSA) is 72.3 Å². The van der Waals surface area contributed by atoms with Gasteiger partial charge in [-0.25, -0.2) is 22.8 Å². The molecule has 1 amide bonds. The summed E-state index contributed by atoms with van der Waals surface area (Å²) >= 11 is 0. The average molecular weight is 570 g/mol. The Hall–Kier alpha value is -3.24. The first kappa shape index (κ1) is 29.3. The highest BCUT2D eigenvalue weighted by atomic mass is 19.1. The van der Waals surface area contributed by atoms with Crippen LogP contribution in [0.25, 0.3) is 11.4 Å². The molecule has 0 bridgehead atoms. The Labute approximate surface area is 239 Å². The molecule has 5 rings (SSSR count). The number of hydrogen-bond donors (Lipinski definition) is 1. The van der Waals surface area contributed by atoms with E-state index in [0.717, 1.165) is 37.7 Å². The highest BCUT2D eigenvalue weighted by Gasteiger charge is 2.43. The third kappa shape index (κ3) is 6.48. The van der Waals surface area contributed by atoms with Crippen LogP contribution in [0.3, 0.4) is 0 Å². The quantitative estimate of drug-likeness (QED) is 0.396. The van der Waals surface area contributed by atoms with Gasteiger partial charge in [-0.3, -0.25) is 4.79 Å². The van der Waals surface area contributed by atoms with Crippen molar-refractivity contribution in [3.05, 3.63) is 71.3 Å². The van der Waals surface area contributed by atoms with Gasteiger partial charge in [-0.15, -0.1) is 0 Å². The van der Waals surface area contributed by atoms with Gasteiger partial charge in [0, 0.05) is 13.2 Å². The molecule has 0 spiro atoms. The normalized spacial score (nSPS) is 21.8. The number of carbonyl (C=O) groups is 1. The first-order chi connectivity index (χ1) is 19.5. The van der Waals surface area contributed by atoms with Gasteiger partial charge in [0.15, 0.2) is 11.6 Å². The van der Waals surface area contributed by atoms with E-state index in [2.05, 4.69) is 17.3 Å². The molecule has 2 aliphatic heterocycles. The molecule has 0 saturated carbocycles. The Morgan fingerprint density at radius 3 is 2.59 bits per heavy atom. The van der Waals surface area contributed by atoms with Crippen LogP contribution in [0.15, 0.2) is 42.5 Å². The van der Waals surface area contributed by atoms with Crippen LogP contribution < -0.4 is 5.32 Å². The lowest BCUT2D eigenvalue weighted by atomic mass is 9.83. The van der Waals surface area contributed by atoms with Gasteiger partial charge in [0.25, 0.3) is 5.91 Å². The number of halogens is 3. The van der Waals surface area contributed by atoms with E-state index in [4.69, 9.17) is 9.72 Å². The van der Waals surface area contributed by atoms with E-state index >= 15 is 0 Å². The molecule has 41 heavy (non-hydrogen) atoms. The summed E-state index contributed by atoms with van der Waals surface area (Å²) in [5.41, 5.74) is 0.0109. The lowest BCUT2D eigenvalue weighted by Gasteiger charge is -2.42. The predicted octanol–water partition coefficient (Wildman–Crippen LogP) is 5.36. The Morgan fingerprint density at radius 2 is 1.93 bits per heavy atom. The van der Waals surface area contributed by atoms with Gasteiger partial charge in [-0.05, 0) is 79.1 Å². The van der Waals surface area contributed by atoms with Crippen molar-refractivity contribution in [1.82, 2.24) is 25.0 Å². The van der Waals surface area contributed by atoms with E-state index < -0.39 is 35.0 Å². The Balaban J connectivity index is 1.65. The molecule has 10 heteroatoms. The molecule has 2 saturated heterocycles. The van der Waals surface area contributed by atoms with Crippen molar-refractivity contribution in [2.45, 2.75) is 59.2 Å². The van der Waals surface area contributed by atoms with E-state index in [0.29, 0.717) is 36.9 Å². The standard InChI is InChI=1S/C31H38F3N5O2/c1-19-15-35-16-21(19)18-38(30(40)26-9-6-12-41-26)27(31(2,3)4)29-36-28(24-14-23(33)10-11-25(24)34)37-39(29)17-20-7-5-8-22(32)13-20/h5,7-8,10-11,13-14,19,21,26-27,35H,6,9,12,15-18H2,1-4H3/t19-,21-,26?,27-/m0/s1. The number of ether oxygens (including phenoxy) is 1. The minimum Gasteiger partial charge on any atom is -0.368 e. The van der Waals surface area contributed by atoms with E-state index in [1.807, 2.05) is 25.7 Å². The largest absolute Gasteiger partial charge is 0.368 e. The zero-order valence-corrected chi connectivity index (χ0v) is 24.0. The fourth-order valence-corrected chi connectivity index (χ4v) is 5.90. The fourth-order valence-electron chi connectivity index (χ4n) is 5.90. The van der Waals surface area contributed by atoms with E-state index in [-0.39, 0.29) is 29.8 Å². The lowest BCUT2D eigenvalue weighted by molar-refractivity contribution is -0.147. The number of aromatic nitrogens is 3. The summed E-state index contributed by atoms with van der Waals surface area (Å²) in [5.74, 6) is -0.789. The summed E-state index contributed by atoms with van der Waals surface area (Å²) in [6, 6.07) is 8.70. The third-order valence-electron chi connectivity index (χ3n) is 8.06. The molecular formula is C31H38F3N5O2. The number of benzene rings is 2. The maximum absolute atomic E-state index is 14.9. The maximum Gasteiger partial charge on any atom is 0.252 e. The Kier molecular flexibility index (Phi) is 8.52. The number of nitrogens with one attached hydrogen (secondary N) is 1. The van der Waals surface area contributed by atoms with Crippen LogP contribution in [0.5, 0.6) is 0 Å². The minimum absolute atomic E-state index is 0.00284. The molecular weight excluding hydrogens is 531 g/mol. The summed E-state index contributed by atoms with van der Waals surface area (Å²) in [7, 11) is 0. The molecule has 7 nitrogen and oxygen atoms in total. The van der Waals surface area contributed by atoms with Crippen molar-refractivity contribution in [3.63, 3.8) is 0 Å². The molecule has 4 atom stereocenters. The SMILES string of the molecule is C[C@H]1CNC[C@H]1CN(C(=O)C1CCCO1)[C@@H](c1nc(-c2cc(F)ccc2F)nn1Cc1cccc(F)c1)C(C)(C)C. The number of nitrogens with zero attached hydrogens (tertiary/aromatic N) is 4. The molecule has 1 unspecified atom stereocenters. The van der Waals surface area contributed by atoms with Gasteiger partial charge in [-0.1, -0.05) is 39.8 Å². The Bertz CT molecular complexity index is 1380. The van der Waals surface area contributed by atoms with Crippen LogP contribution in [-0.4, -0.2) is 57.9 Å². The highest BCUT2D eigenvalue weighted by molar-refractivity contribution is 5.81. The Morgan fingerprint density at radius 1 is 1.15 bits per heavy atom. The number of amides is 1. The van der Waals surface area contributed by atoms with Crippen LogP contribution in [0, 0.1) is 34.7 Å². The monoisotopic (exact) mass is 569 g/mol. The summed E-state index contributed by atoms with van der Waals surface area (Å²) in [5, 5.41) is 8.05. The smallest absolute Gasteiger partial charge is 0.252 e. The van der Waals surface area contributed by atoms with Crippen LogP contribution in [-0.2, 0) is 16.1 Å². The van der Waals surface area contributed by atoms with Gasteiger partial charge in [0.2, 0.25) is 0 Å². The lowest BCUT2D eigenvalue weighted by Crippen LogP contribution is -2.49. The molecule has 220 valence electrons. The molecule has 3 aromatic rings. The summed E-state index contributed by atoms with van der Waals surface area (Å²) in [6.07, 6.45) is 0.898.